The quantitative estimate of drug-likeness (QED) is 0.570. The third-order valence-electron chi connectivity index (χ3n) is 5.50. The first-order valence-electron chi connectivity index (χ1n) is 10.3. The molecule has 1 aromatic carbocycles. The molecule has 2 aromatic rings. The number of aromatic nitrogens is 2. The van der Waals surface area contributed by atoms with Gasteiger partial charge in [0.1, 0.15) is 0 Å². The average Bonchev–Trinajstić information content (AvgIpc) is 2.70. The second kappa shape index (κ2) is 9.63. The van der Waals surface area contributed by atoms with Gasteiger partial charge >= 0.3 is 5.97 Å². The second-order valence-electron chi connectivity index (χ2n) is 7.59. The van der Waals surface area contributed by atoms with Crippen molar-refractivity contribution < 1.29 is 9.53 Å². The summed E-state index contributed by atoms with van der Waals surface area (Å²) in [5.41, 5.74) is 2.42. The predicted molar refractivity (Wildman–Crippen MR) is 108 cm³/mol. The van der Waals surface area contributed by atoms with Gasteiger partial charge in [-0.05, 0) is 49.5 Å². The highest BCUT2D eigenvalue weighted by atomic mass is 16.5. The zero-order valence-electron chi connectivity index (χ0n) is 16.5. The Bertz CT molecular complexity index is 717. The minimum Gasteiger partial charge on any atom is -0.423 e. The fourth-order valence-electron chi connectivity index (χ4n) is 4.00. The molecule has 0 spiro atoms. The van der Waals surface area contributed by atoms with Gasteiger partial charge in [-0.15, -0.1) is 0 Å². The molecule has 1 aliphatic rings. The van der Waals surface area contributed by atoms with E-state index in [0.29, 0.717) is 23.9 Å². The van der Waals surface area contributed by atoms with Crippen LogP contribution in [0.25, 0.3) is 11.4 Å². The van der Waals surface area contributed by atoms with Crippen LogP contribution in [0.5, 0.6) is 5.75 Å². The van der Waals surface area contributed by atoms with Crippen LogP contribution in [0.1, 0.15) is 76.7 Å². The lowest BCUT2D eigenvalue weighted by atomic mass is 9.77. The number of carbonyl (C=O) groups excluding carboxylic acids is 1. The van der Waals surface area contributed by atoms with Gasteiger partial charge in [0.2, 0.25) is 0 Å². The molecule has 0 amide bonds. The molecule has 27 heavy (non-hydrogen) atoms. The van der Waals surface area contributed by atoms with E-state index in [4.69, 9.17) is 4.74 Å². The van der Waals surface area contributed by atoms with E-state index in [-0.39, 0.29) is 5.97 Å². The van der Waals surface area contributed by atoms with Crippen LogP contribution < -0.4 is 4.74 Å². The van der Waals surface area contributed by atoms with Crippen LogP contribution in [-0.4, -0.2) is 15.9 Å². The summed E-state index contributed by atoms with van der Waals surface area (Å²) in [4.78, 5) is 20.2. The summed E-state index contributed by atoms with van der Waals surface area (Å²) in [5, 5.41) is 0. The number of ether oxygens (including phenoxy) is 1. The standard InChI is InChI=1S/C23H30N2O2/c1-3-5-17-7-9-18(10-8-17)19-11-13-20(14-12-19)23-24-15-21(16-25-23)27-22(26)6-4-2/h11-18H,3-10H2,1-2H3/t17-,18-. The summed E-state index contributed by atoms with van der Waals surface area (Å²) in [7, 11) is 0. The minimum absolute atomic E-state index is 0.244. The van der Waals surface area contributed by atoms with Crippen LogP contribution in [0.15, 0.2) is 36.7 Å². The van der Waals surface area contributed by atoms with E-state index in [0.717, 1.165) is 17.9 Å². The molecule has 0 radical (unpaired) electrons. The molecule has 0 atom stereocenters. The smallest absolute Gasteiger partial charge is 0.311 e. The average molecular weight is 367 g/mol. The Labute approximate surface area is 162 Å². The van der Waals surface area contributed by atoms with Gasteiger partial charge < -0.3 is 4.74 Å². The van der Waals surface area contributed by atoms with Gasteiger partial charge in [0, 0.05) is 12.0 Å². The van der Waals surface area contributed by atoms with E-state index < -0.39 is 0 Å². The molecule has 3 rings (SSSR count). The highest BCUT2D eigenvalue weighted by Gasteiger charge is 2.21. The Morgan fingerprint density at radius 2 is 1.67 bits per heavy atom. The molecule has 1 aromatic heterocycles. The van der Waals surface area contributed by atoms with Crippen LogP contribution in [0.3, 0.4) is 0 Å². The summed E-state index contributed by atoms with van der Waals surface area (Å²) in [5.74, 6) is 2.44. The maximum atomic E-state index is 11.5. The van der Waals surface area contributed by atoms with Gasteiger partial charge in [-0.2, -0.15) is 0 Å². The monoisotopic (exact) mass is 366 g/mol. The lowest BCUT2D eigenvalue weighted by molar-refractivity contribution is -0.134. The number of hydrogen-bond donors (Lipinski definition) is 0. The van der Waals surface area contributed by atoms with Crippen LogP contribution >= 0.6 is 0 Å². The number of rotatable bonds is 7. The molecule has 4 nitrogen and oxygen atoms in total. The largest absolute Gasteiger partial charge is 0.423 e. The summed E-state index contributed by atoms with van der Waals surface area (Å²) >= 11 is 0. The summed E-state index contributed by atoms with van der Waals surface area (Å²) in [6, 6.07) is 8.65. The van der Waals surface area contributed by atoms with Crippen LogP contribution in [-0.2, 0) is 4.79 Å². The van der Waals surface area contributed by atoms with Crippen molar-refractivity contribution >= 4 is 5.97 Å². The van der Waals surface area contributed by atoms with Crippen LogP contribution in [0.2, 0.25) is 0 Å². The maximum Gasteiger partial charge on any atom is 0.311 e. The predicted octanol–water partition coefficient (Wildman–Crippen LogP) is 5.92. The maximum absolute atomic E-state index is 11.5. The first-order chi connectivity index (χ1) is 13.2. The van der Waals surface area contributed by atoms with Gasteiger partial charge in [-0.3, -0.25) is 4.79 Å². The molecule has 0 saturated heterocycles. The first-order valence-corrected chi connectivity index (χ1v) is 10.3. The van der Waals surface area contributed by atoms with Gasteiger partial charge in [-0.25, -0.2) is 9.97 Å². The van der Waals surface area contributed by atoms with Gasteiger partial charge in [0.05, 0.1) is 12.4 Å². The molecular weight excluding hydrogens is 336 g/mol. The molecule has 1 saturated carbocycles. The fraction of sp³-hybridized carbons (Fsp3) is 0.522. The number of esters is 1. The van der Waals surface area contributed by atoms with E-state index >= 15 is 0 Å². The molecule has 1 fully saturated rings. The Morgan fingerprint density at radius 3 is 2.26 bits per heavy atom. The number of hydrogen-bond acceptors (Lipinski definition) is 4. The molecule has 144 valence electrons. The molecule has 0 aliphatic heterocycles. The zero-order chi connectivity index (χ0) is 19.1. The molecule has 0 N–H and O–H groups in total. The number of carbonyl (C=O) groups is 1. The molecule has 0 bridgehead atoms. The highest BCUT2D eigenvalue weighted by Crippen LogP contribution is 2.37. The second-order valence-corrected chi connectivity index (χ2v) is 7.59. The topological polar surface area (TPSA) is 52.1 Å². The van der Waals surface area contributed by atoms with Gasteiger partial charge in [-0.1, -0.05) is 51.0 Å². The number of nitrogens with zero attached hydrogens (tertiary/aromatic N) is 2. The molecule has 4 heteroatoms. The minimum atomic E-state index is -0.244. The van der Waals surface area contributed by atoms with Gasteiger partial charge in [0.15, 0.2) is 11.6 Å². The van der Waals surface area contributed by atoms with Crippen molar-refractivity contribution in [1.29, 1.82) is 0 Å². The zero-order valence-corrected chi connectivity index (χ0v) is 16.5. The Kier molecular flexibility index (Phi) is 6.97. The van der Waals surface area contributed by atoms with Crippen molar-refractivity contribution in [3.05, 3.63) is 42.2 Å². The Morgan fingerprint density at radius 1 is 1.00 bits per heavy atom. The lowest BCUT2D eigenvalue weighted by Crippen LogP contribution is -2.13. The molecule has 1 heterocycles. The van der Waals surface area contributed by atoms with E-state index in [2.05, 4.69) is 41.2 Å². The third kappa shape index (κ3) is 5.38. The van der Waals surface area contributed by atoms with Crippen molar-refractivity contribution in [2.24, 2.45) is 5.92 Å². The van der Waals surface area contributed by atoms with Crippen LogP contribution in [0, 0.1) is 5.92 Å². The lowest BCUT2D eigenvalue weighted by Gasteiger charge is -2.28. The molecular formula is C23H30N2O2. The number of benzene rings is 1. The van der Waals surface area contributed by atoms with Crippen molar-refractivity contribution in [3.63, 3.8) is 0 Å². The third-order valence-corrected chi connectivity index (χ3v) is 5.50. The van der Waals surface area contributed by atoms with Crippen molar-refractivity contribution in [2.75, 3.05) is 0 Å². The SMILES string of the molecule is CCCC(=O)Oc1cnc(-c2ccc([C@H]3CC[C@H](CCC)CC3)cc2)nc1. The van der Waals surface area contributed by atoms with E-state index in [1.807, 2.05) is 6.92 Å². The normalized spacial score (nSPS) is 19.6. The van der Waals surface area contributed by atoms with Crippen molar-refractivity contribution in [2.45, 2.75) is 71.1 Å². The van der Waals surface area contributed by atoms with E-state index in [1.54, 1.807) is 12.4 Å². The molecule has 0 unspecified atom stereocenters. The summed E-state index contributed by atoms with van der Waals surface area (Å²) in [6.07, 6.45) is 12.3. The Hall–Kier alpha value is -2.23. The highest BCUT2D eigenvalue weighted by molar-refractivity contribution is 5.72. The van der Waals surface area contributed by atoms with Crippen LogP contribution in [0.4, 0.5) is 0 Å². The van der Waals surface area contributed by atoms with Crippen molar-refractivity contribution in [1.82, 2.24) is 9.97 Å². The summed E-state index contributed by atoms with van der Waals surface area (Å²) in [6.45, 7) is 4.23. The molecule has 1 aliphatic carbocycles. The van der Waals surface area contributed by atoms with E-state index in [1.165, 1.54) is 44.1 Å². The van der Waals surface area contributed by atoms with Gasteiger partial charge in [0.25, 0.3) is 0 Å². The van der Waals surface area contributed by atoms with Crippen molar-refractivity contribution in [3.8, 4) is 17.1 Å². The summed E-state index contributed by atoms with van der Waals surface area (Å²) < 4.78 is 5.21. The first kappa shape index (κ1) is 19.5. The van der Waals surface area contributed by atoms with E-state index in [9.17, 15) is 4.79 Å². The Balaban J connectivity index is 1.59. The fourth-order valence-corrected chi connectivity index (χ4v) is 4.00.